The number of fused-ring (bicyclic) bond motifs is 3. The molecule has 4 N–H and O–H groups in total. The van der Waals surface area contributed by atoms with Gasteiger partial charge in [-0.3, -0.25) is 4.90 Å². The van der Waals surface area contributed by atoms with Crippen LogP contribution in [-0.4, -0.2) is 54.2 Å². The number of likely N-dealkylation sites (tertiary alicyclic amines) is 1. The molecule has 0 radical (unpaired) electrons. The van der Waals surface area contributed by atoms with Crippen LogP contribution in [0.1, 0.15) is 24.8 Å². The Hall–Kier alpha value is -2.05. The number of urea groups is 1. The lowest BCUT2D eigenvalue weighted by Crippen LogP contribution is -2.52. The SMILES string of the molecule is NCCCCN1CCC(N2C=C3c4ccccc4NC3NC2=O)C1. The summed E-state index contributed by atoms with van der Waals surface area (Å²) in [5.74, 6) is 0. The molecule has 0 aromatic heterocycles. The largest absolute Gasteiger partial charge is 0.361 e. The Bertz CT molecular complexity index is 659. The normalized spacial score (nSPS) is 25.8. The molecule has 0 aliphatic carbocycles. The van der Waals surface area contributed by atoms with Gasteiger partial charge in [0, 0.05) is 36.1 Å². The summed E-state index contributed by atoms with van der Waals surface area (Å²) in [4.78, 5) is 16.9. The third kappa shape index (κ3) is 2.76. The fourth-order valence-corrected chi connectivity index (χ4v) is 3.91. The third-order valence-electron chi connectivity index (χ3n) is 5.20. The Kier molecular flexibility index (Phi) is 4.16. The van der Waals surface area contributed by atoms with E-state index in [1.165, 1.54) is 5.56 Å². The van der Waals surface area contributed by atoms with Crippen LogP contribution in [0.4, 0.5) is 10.5 Å². The van der Waals surface area contributed by atoms with Crippen LogP contribution < -0.4 is 16.4 Å². The average molecular weight is 327 g/mol. The predicted octanol–water partition coefficient (Wildman–Crippen LogP) is 1.62. The minimum atomic E-state index is -0.104. The monoisotopic (exact) mass is 327 g/mol. The summed E-state index contributed by atoms with van der Waals surface area (Å²) in [5.41, 5.74) is 9.00. The molecule has 0 bridgehead atoms. The molecule has 3 aliphatic heterocycles. The van der Waals surface area contributed by atoms with Gasteiger partial charge in [-0.2, -0.15) is 0 Å². The van der Waals surface area contributed by atoms with Crippen LogP contribution in [0.3, 0.4) is 0 Å². The van der Waals surface area contributed by atoms with Gasteiger partial charge in [0.05, 0.1) is 6.04 Å². The lowest BCUT2D eigenvalue weighted by Gasteiger charge is -2.33. The van der Waals surface area contributed by atoms with E-state index >= 15 is 0 Å². The Labute approximate surface area is 142 Å². The van der Waals surface area contributed by atoms with E-state index in [4.69, 9.17) is 5.73 Å². The highest BCUT2D eigenvalue weighted by molar-refractivity contribution is 5.93. The van der Waals surface area contributed by atoms with Crippen molar-refractivity contribution < 1.29 is 4.79 Å². The van der Waals surface area contributed by atoms with Gasteiger partial charge in [-0.15, -0.1) is 0 Å². The van der Waals surface area contributed by atoms with Gasteiger partial charge in [0.25, 0.3) is 0 Å². The number of carbonyl (C=O) groups excluding carboxylic acids is 1. The number of nitrogens with one attached hydrogen (secondary N) is 2. The van der Waals surface area contributed by atoms with Crippen LogP contribution in [-0.2, 0) is 0 Å². The molecule has 3 heterocycles. The summed E-state index contributed by atoms with van der Waals surface area (Å²) in [6.45, 7) is 3.83. The number of nitrogens with zero attached hydrogens (tertiary/aromatic N) is 2. The predicted molar refractivity (Wildman–Crippen MR) is 95.3 cm³/mol. The molecule has 2 unspecified atom stereocenters. The van der Waals surface area contributed by atoms with Crippen molar-refractivity contribution in [1.29, 1.82) is 0 Å². The molecule has 0 saturated carbocycles. The summed E-state index contributed by atoms with van der Waals surface area (Å²) in [7, 11) is 0. The number of amides is 2. The van der Waals surface area contributed by atoms with Crippen molar-refractivity contribution >= 4 is 17.3 Å². The maximum atomic E-state index is 12.5. The highest BCUT2D eigenvalue weighted by Crippen LogP contribution is 2.36. The molecule has 2 amide bonds. The molecule has 6 nitrogen and oxygen atoms in total. The number of hydrogen-bond acceptors (Lipinski definition) is 4. The van der Waals surface area contributed by atoms with Gasteiger partial charge in [0.15, 0.2) is 0 Å². The molecule has 4 rings (SSSR count). The first-order valence-electron chi connectivity index (χ1n) is 8.85. The highest BCUT2D eigenvalue weighted by Gasteiger charge is 2.37. The lowest BCUT2D eigenvalue weighted by molar-refractivity contribution is 0.194. The molecular weight excluding hydrogens is 302 g/mol. The van der Waals surface area contributed by atoms with Crippen LogP contribution >= 0.6 is 0 Å². The molecular formula is C18H25N5O. The standard InChI is InChI=1S/C18H25N5O/c19-8-3-4-9-22-10-7-13(11-22)23-12-15-14-5-1-2-6-16(14)20-17(15)21-18(23)24/h1-2,5-6,12-13,17,20H,3-4,7-11,19H2,(H,21,24). The second-order valence-electron chi connectivity index (χ2n) is 6.80. The summed E-state index contributed by atoms with van der Waals surface area (Å²) >= 11 is 0. The number of nitrogens with two attached hydrogens (primary N) is 1. The van der Waals surface area contributed by atoms with E-state index in [1.807, 2.05) is 17.0 Å². The van der Waals surface area contributed by atoms with Gasteiger partial charge < -0.3 is 21.3 Å². The van der Waals surface area contributed by atoms with E-state index in [9.17, 15) is 4.79 Å². The van der Waals surface area contributed by atoms with Gasteiger partial charge in [-0.05, 0) is 38.4 Å². The molecule has 1 saturated heterocycles. The minimum absolute atomic E-state index is 0.00198. The van der Waals surface area contributed by atoms with Crippen molar-refractivity contribution in [1.82, 2.24) is 15.1 Å². The van der Waals surface area contributed by atoms with Gasteiger partial charge in [-0.25, -0.2) is 4.79 Å². The third-order valence-corrected chi connectivity index (χ3v) is 5.20. The first kappa shape index (κ1) is 15.5. The fraction of sp³-hybridized carbons (Fsp3) is 0.500. The molecule has 24 heavy (non-hydrogen) atoms. The highest BCUT2D eigenvalue weighted by atomic mass is 16.2. The number of benzene rings is 1. The van der Waals surface area contributed by atoms with Gasteiger partial charge in [0.2, 0.25) is 0 Å². The number of carbonyl (C=O) groups is 1. The average Bonchev–Trinajstić information content (AvgIpc) is 3.18. The molecule has 1 fully saturated rings. The maximum absolute atomic E-state index is 12.5. The van der Waals surface area contributed by atoms with E-state index in [-0.39, 0.29) is 18.2 Å². The Morgan fingerprint density at radius 2 is 2.08 bits per heavy atom. The van der Waals surface area contributed by atoms with Crippen molar-refractivity contribution in [2.24, 2.45) is 5.73 Å². The van der Waals surface area contributed by atoms with E-state index < -0.39 is 0 Å². The number of hydrogen-bond donors (Lipinski definition) is 3. The quantitative estimate of drug-likeness (QED) is 0.719. The summed E-state index contributed by atoms with van der Waals surface area (Å²) in [6.07, 6.45) is 5.18. The van der Waals surface area contributed by atoms with Gasteiger partial charge in [-0.1, -0.05) is 18.2 Å². The zero-order chi connectivity index (χ0) is 16.5. The van der Waals surface area contributed by atoms with Crippen molar-refractivity contribution in [2.75, 3.05) is 31.5 Å². The molecule has 6 heteroatoms. The van der Waals surface area contributed by atoms with Gasteiger partial charge in [0.1, 0.15) is 6.17 Å². The van der Waals surface area contributed by atoms with Crippen molar-refractivity contribution in [3.63, 3.8) is 0 Å². The van der Waals surface area contributed by atoms with Crippen LogP contribution in [0.5, 0.6) is 0 Å². The van der Waals surface area contributed by atoms with E-state index in [2.05, 4.69) is 33.9 Å². The molecule has 0 spiro atoms. The zero-order valence-corrected chi connectivity index (χ0v) is 13.9. The van der Waals surface area contributed by atoms with Crippen LogP contribution in [0.25, 0.3) is 5.57 Å². The maximum Gasteiger partial charge on any atom is 0.323 e. The van der Waals surface area contributed by atoms with E-state index in [0.29, 0.717) is 0 Å². The summed E-state index contributed by atoms with van der Waals surface area (Å²) < 4.78 is 0. The van der Waals surface area contributed by atoms with Crippen LogP contribution in [0.2, 0.25) is 0 Å². The first-order valence-corrected chi connectivity index (χ1v) is 8.85. The Morgan fingerprint density at radius 1 is 1.21 bits per heavy atom. The molecule has 1 aromatic carbocycles. The number of anilines is 1. The second-order valence-corrected chi connectivity index (χ2v) is 6.80. The number of unbranched alkanes of at least 4 members (excludes halogenated alkanes) is 1. The summed E-state index contributed by atoms with van der Waals surface area (Å²) in [5, 5.41) is 6.46. The minimum Gasteiger partial charge on any atom is -0.361 e. The zero-order valence-electron chi connectivity index (χ0n) is 13.9. The molecule has 3 aliphatic rings. The number of para-hydroxylation sites is 1. The van der Waals surface area contributed by atoms with Gasteiger partial charge >= 0.3 is 6.03 Å². The van der Waals surface area contributed by atoms with Crippen molar-refractivity contribution in [3.8, 4) is 0 Å². The lowest BCUT2D eigenvalue weighted by atomic mass is 10.1. The molecule has 2 atom stereocenters. The van der Waals surface area contributed by atoms with Crippen LogP contribution in [0, 0.1) is 0 Å². The van der Waals surface area contributed by atoms with Crippen molar-refractivity contribution in [3.05, 3.63) is 36.0 Å². The molecule has 128 valence electrons. The second kappa shape index (κ2) is 6.45. The van der Waals surface area contributed by atoms with E-state index in [0.717, 1.165) is 56.7 Å². The molecule has 1 aromatic rings. The summed E-state index contributed by atoms with van der Waals surface area (Å²) in [6, 6.07) is 8.47. The fourth-order valence-electron chi connectivity index (χ4n) is 3.91. The van der Waals surface area contributed by atoms with Crippen LogP contribution in [0.15, 0.2) is 30.5 Å². The Balaban J connectivity index is 1.48. The van der Waals surface area contributed by atoms with Crippen molar-refractivity contribution in [2.45, 2.75) is 31.5 Å². The Morgan fingerprint density at radius 3 is 2.96 bits per heavy atom. The topological polar surface area (TPSA) is 73.6 Å². The first-order chi connectivity index (χ1) is 11.8. The smallest absolute Gasteiger partial charge is 0.323 e. The van der Waals surface area contributed by atoms with E-state index in [1.54, 1.807) is 0 Å². The number of rotatable bonds is 5.